The molecule has 8 nitrogen and oxygen atoms in total. The van der Waals surface area contributed by atoms with Gasteiger partial charge in [-0.2, -0.15) is 0 Å². The molecular formula is C34H39N3O5. The highest BCUT2D eigenvalue weighted by atomic mass is 16.6. The van der Waals surface area contributed by atoms with Crippen LogP contribution < -0.4 is 4.74 Å². The molecule has 0 spiro atoms. The summed E-state index contributed by atoms with van der Waals surface area (Å²) in [6.45, 7) is 6.56. The number of aryl methyl sites for hydroxylation is 2. The van der Waals surface area contributed by atoms with E-state index in [1.807, 2.05) is 93.0 Å². The molecule has 1 aliphatic rings. The Morgan fingerprint density at radius 1 is 1.10 bits per heavy atom. The van der Waals surface area contributed by atoms with E-state index < -0.39 is 18.2 Å². The van der Waals surface area contributed by atoms with Crippen molar-refractivity contribution in [3.05, 3.63) is 89.6 Å². The van der Waals surface area contributed by atoms with Crippen LogP contribution in [0.3, 0.4) is 0 Å². The number of aliphatic hydroxyl groups excluding tert-OH is 1. The van der Waals surface area contributed by atoms with E-state index in [2.05, 4.69) is 0 Å². The highest BCUT2D eigenvalue weighted by Crippen LogP contribution is 2.38. The predicted molar refractivity (Wildman–Crippen MR) is 164 cm³/mol. The number of hydrogen-bond donors (Lipinski definition) is 1. The standard InChI is InChI=1S/C34H39N3O5/c1-22-14-16-26(17-15-22)42-34(40)35(4)19-30-23(2)18-37(24(3)20-38)33(39)32-31(27-11-7-6-10-25(27)21-41-30)28-12-8-9-13-29(28)36(32)5/h6-17,23-24,30,38H,18-21H2,1-5H3/t23-,24+,30-/m1/s1. The maximum Gasteiger partial charge on any atom is 0.415 e. The second-order valence-electron chi connectivity index (χ2n) is 11.3. The van der Waals surface area contributed by atoms with Crippen LogP contribution in [0.5, 0.6) is 5.75 Å². The van der Waals surface area contributed by atoms with E-state index in [1.54, 1.807) is 24.1 Å². The maximum atomic E-state index is 14.4. The number of hydrogen-bond acceptors (Lipinski definition) is 5. The normalized spacial score (nSPS) is 18.1. The highest BCUT2D eigenvalue weighted by molar-refractivity contribution is 6.10. The summed E-state index contributed by atoms with van der Waals surface area (Å²) in [4.78, 5) is 30.7. The number of rotatable bonds is 5. The van der Waals surface area contributed by atoms with Gasteiger partial charge >= 0.3 is 6.09 Å². The largest absolute Gasteiger partial charge is 0.415 e. The van der Waals surface area contributed by atoms with E-state index in [0.717, 1.165) is 33.2 Å². The Labute approximate surface area is 247 Å². The van der Waals surface area contributed by atoms with Crippen molar-refractivity contribution in [2.45, 2.75) is 39.5 Å². The Balaban J connectivity index is 1.53. The van der Waals surface area contributed by atoms with Gasteiger partial charge in [0.25, 0.3) is 5.91 Å². The summed E-state index contributed by atoms with van der Waals surface area (Å²) in [5.41, 5.74) is 5.35. The molecule has 3 aromatic carbocycles. The van der Waals surface area contributed by atoms with Gasteiger partial charge in [0, 0.05) is 43.0 Å². The summed E-state index contributed by atoms with van der Waals surface area (Å²) < 4.78 is 14.1. The number of nitrogens with zero attached hydrogens (tertiary/aromatic N) is 3. The fourth-order valence-corrected chi connectivity index (χ4v) is 5.66. The molecule has 0 saturated heterocycles. The zero-order valence-corrected chi connectivity index (χ0v) is 24.9. The molecule has 8 heteroatoms. The van der Waals surface area contributed by atoms with E-state index in [9.17, 15) is 14.7 Å². The van der Waals surface area contributed by atoms with E-state index >= 15 is 0 Å². The van der Waals surface area contributed by atoms with Crippen LogP contribution in [0, 0.1) is 12.8 Å². The van der Waals surface area contributed by atoms with Gasteiger partial charge in [-0.25, -0.2) is 4.79 Å². The molecule has 1 N–H and O–H groups in total. The number of likely N-dealkylation sites (N-methyl/N-ethyl adjacent to an activating group) is 1. The molecule has 0 unspecified atom stereocenters. The van der Waals surface area contributed by atoms with Crippen molar-refractivity contribution in [3.63, 3.8) is 0 Å². The van der Waals surface area contributed by atoms with Crippen molar-refractivity contribution >= 4 is 22.9 Å². The fourth-order valence-electron chi connectivity index (χ4n) is 5.66. The molecule has 0 radical (unpaired) electrons. The van der Waals surface area contributed by atoms with Gasteiger partial charge in [-0.15, -0.1) is 0 Å². The Bertz CT molecular complexity index is 1580. The number of benzene rings is 3. The minimum atomic E-state index is -0.486. The summed E-state index contributed by atoms with van der Waals surface area (Å²) in [5.74, 6) is 0.155. The maximum absolute atomic E-state index is 14.4. The van der Waals surface area contributed by atoms with Crippen molar-refractivity contribution in [2.75, 3.05) is 26.7 Å². The first-order valence-electron chi connectivity index (χ1n) is 14.4. The average molecular weight is 570 g/mol. The Kier molecular flexibility index (Phi) is 8.66. The SMILES string of the molecule is Cc1ccc(OC(=O)N(C)C[C@H]2OCc3ccccc3-c3c(n(C)c4ccccc34)C(=O)N([C@@H](C)CO)C[C@H]2C)cc1. The van der Waals surface area contributed by atoms with Gasteiger partial charge in [0.1, 0.15) is 11.4 Å². The quantitative estimate of drug-likeness (QED) is 0.336. The van der Waals surface area contributed by atoms with Gasteiger partial charge in [0.2, 0.25) is 0 Å². The van der Waals surface area contributed by atoms with E-state index in [0.29, 0.717) is 24.6 Å². The Morgan fingerprint density at radius 2 is 1.79 bits per heavy atom. The van der Waals surface area contributed by atoms with Crippen LogP contribution in [0.1, 0.15) is 35.5 Å². The molecule has 0 saturated carbocycles. The minimum Gasteiger partial charge on any atom is -0.410 e. The zero-order valence-electron chi connectivity index (χ0n) is 24.9. The van der Waals surface area contributed by atoms with Gasteiger partial charge in [0.05, 0.1) is 31.9 Å². The molecule has 2 heterocycles. The first-order chi connectivity index (χ1) is 20.2. The van der Waals surface area contributed by atoms with Crippen molar-refractivity contribution < 1.29 is 24.2 Å². The van der Waals surface area contributed by atoms with Crippen LogP contribution in [0.4, 0.5) is 4.79 Å². The Hall–Kier alpha value is -4.14. The molecule has 220 valence electrons. The topological polar surface area (TPSA) is 84.2 Å². The Morgan fingerprint density at radius 3 is 2.52 bits per heavy atom. The molecule has 42 heavy (non-hydrogen) atoms. The fraction of sp³-hybridized carbons (Fsp3) is 0.353. The number of para-hydroxylation sites is 1. The third-order valence-corrected chi connectivity index (χ3v) is 8.22. The van der Waals surface area contributed by atoms with Crippen molar-refractivity contribution in [1.29, 1.82) is 0 Å². The number of fused-ring (bicyclic) bond motifs is 5. The average Bonchev–Trinajstić information content (AvgIpc) is 3.29. The third kappa shape index (κ3) is 5.78. The van der Waals surface area contributed by atoms with Crippen molar-refractivity contribution in [1.82, 2.24) is 14.4 Å². The van der Waals surface area contributed by atoms with E-state index in [1.165, 1.54) is 4.90 Å². The van der Waals surface area contributed by atoms with Crippen molar-refractivity contribution in [2.24, 2.45) is 13.0 Å². The summed E-state index contributed by atoms with van der Waals surface area (Å²) in [5, 5.41) is 11.2. The first kappa shape index (κ1) is 29.4. The molecule has 0 bridgehead atoms. The zero-order chi connectivity index (χ0) is 30.0. The highest BCUT2D eigenvalue weighted by Gasteiger charge is 2.34. The molecule has 5 rings (SSSR count). The first-order valence-corrected chi connectivity index (χ1v) is 14.4. The number of carbonyl (C=O) groups excluding carboxylic acids is 2. The molecule has 2 amide bonds. The summed E-state index contributed by atoms with van der Waals surface area (Å²) in [7, 11) is 3.60. The molecular weight excluding hydrogens is 530 g/mol. The third-order valence-electron chi connectivity index (χ3n) is 8.22. The molecule has 3 atom stereocenters. The van der Waals surface area contributed by atoms with Gasteiger partial charge in [-0.1, -0.05) is 67.1 Å². The molecule has 0 aliphatic carbocycles. The van der Waals surface area contributed by atoms with Crippen LogP contribution in [-0.4, -0.2) is 70.4 Å². The second-order valence-corrected chi connectivity index (χ2v) is 11.3. The summed E-state index contributed by atoms with van der Waals surface area (Å²) in [6.07, 6.45) is -0.896. The molecule has 1 aliphatic heterocycles. The lowest BCUT2D eigenvalue weighted by Gasteiger charge is -2.34. The van der Waals surface area contributed by atoms with Crippen LogP contribution in [-0.2, 0) is 18.4 Å². The van der Waals surface area contributed by atoms with Gasteiger partial charge in [0.15, 0.2) is 0 Å². The molecule has 4 aromatic rings. The molecule has 0 fully saturated rings. The van der Waals surface area contributed by atoms with Crippen molar-refractivity contribution in [3.8, 4) is 16.9 Å². The van der Waals surface area contributed by atoms with E-state index in [4.69, 9.17) is 9.47 Å². The summed E-state index contributed by atoms with van der Waals surface area (Å²) >= 11 is 0. The molecule has 1 aromatic heterocycles. The smallest absolute Gasteiger partial charge is 0.410 e. The lowest BCUT2D eigenvalue weighted by molar-refractivity contribution is -0.0206. The van der Waals surface area contributed by atoms with Gasteiger partial charge in [-0.05, 0) is 43.2 Å². The van der Waals surface area contributed by atoms with Gasteiger partial charge < -0.3 is 28.9 Å². The van der Waals surface area contributed by atoms with Crippen LogP contribution >= 0.6 is 0 Å². The lowest BCUT2D eigenvalue weighted by Crippen LogP contribution is -2.48. The van der Waals surface area contributed by atoms with Crippen LogP contribution in [0.25, 0.3) is 22.0 Å². The van der Waals surface area contributed by atoms with Crippen LogP contribution in [0.15, 0.2) is 72.8 Å². The summed E-state index contributed by atoms with van der Waals surface area (Å²) in [6, 6.07) is 22.9. The lowest BCUT2D eigenvalue weighted by atomic mass is 9.96. The number of aromatic nitrogens is 1. The second kappa shape index (κ2) is 12.4. The number of aliphatic hydroxyl groups is 1. The monoisotopic (exact) mass is 569 g/mol. The number of carbonyl (C=O) groups is 2. The number of ether oxygens (including phenoxy) is 2. The van der Waals surface area contributed by atoms with Crippen LogP contribution in [0.2, 0.25) is 0 Å². The predicted octanol–water partition coefficient (Wildman–Crippen LogP) is 5.64. The number of amides is 2. The van der Waals surface area contributed by atoms with Gasteiger partial charge in [-0.3, -0.25) is 4.79 Å². The minimum absolute atomic E-state index is 0.153. The van der Waals surface area contributed by atoms with E-state index in [-0.39, 0.29) is 25.0 Å².